The minimum atomic E-state index is 0.302. The molecule has 3 unspecified atom stereocenters. The van der Waals surface area contributed by atoms with Gasteiger partial charge in [-0.25, -0.2) is 0 Å². The fraction of sp³-hybridized carbons (Fsp3) is 0.625. The Hall–Kier alpha value is -0.240. The maximum Gasteiger partial charge on any atom is 0.0595 e. The Kier molecular flexibility index (Phi) is 4.49. The van der Waals surface area contributed by atoms with E-state index in [1.165, 1.54) is 18.4 Å². The van der Waals surface area contributed by atoms with Gasteiger partial charge in [0.2, 0.25) is 0 Å². The van der Waals surface area contributed by atoms with Gasteiger partial charge in [-0.05, 0) is 48.8 Å². The van der Waals surface area contributed by atoms with Gasteiger partial charge < -0.3 is 5.32 Å². The van der Waals surface area contributed by atoms with E-state index in [0.717, 1.165) is 5.92 Å². The van der Waals surface area contributed by atoms with Crippen molar-refractivity contribution in [1.82, 2.24) is 5.32 Å². The van der Waals surface area contributed by atoms with Crippen LogP contribution in [0.25, 0.3) is 0 Å². The van der Waals surface area contributed by atoms with E-state index in [-0.39, 0.29) is 0 Å². The highest BCUT2D eigenvalue weighted by molar-refractivity contribution is 6.42. The number of hydrogen-bond donors (Lipinski definition) is 1. The van der Waals surface area contributed by atoms with Crippen LogP contribution in [0.1, 0.15) is 52.1 Å². The van der Waals surface area contributed by atoms with E-state index in [1.807, 2.05) is 12.1 Å². The van der Waals surface area contributed by atoms with Crippen LogP contribution in [0.15, 0.2) is 18.2 Å². The Labute approximate surface area is 126 Å². The SMILES string of the molecule is CC(NC1CC(C)(C)CC1C)c1ccc(Cl)c(Cl)c1. The van der Waals surface area contributed by atoms with Crippen molar-refractivity contribution in [1.29, 1.82) is 0 Å². The van der Waals surface area contributed by atoms with E-state index in [0.29, 0.717) is 27.5 Å². The van der Waals surface area contributed by atoms with Crippen LogP contribution in [0.4, 0.5) is 0 Å². The standard InChI is InChI=1S/C16H23Cl2N/c1-10-8-16(3,4)9-15(10)19-11(2)12-5-6-13(17)14(18)7-12/h5-7,10-11,15,19H,8-9H2,1-4H3. The number of benzene rings is 1. The number of halogens is 2. The molecule has 0 radical (unpaired) electrons. The van der Waals surface area contributed by atoms with Crippen molar-refractivity contribution in [3.8, 4) is 0 Å². The second kappa shape index (κ2) is 5.63. The molecule has 19 heavy (non-hydrogen) atoms. The van der Waals surface area contributed by atoms with Crippen LogP contribution in [0.3, 0.4) is 0 Å². The summed E-state index contributed by atoms with van der Waals surface area (Å²) in [6.45, 7) is 9.25. The van der Waals surface area contributed by atoms with E-state index < -0.39 is 0 Å². The van der Waals surface area contributed by atoms with E-state index >= 15 is 0 Å². The minimum absolute atomic E-state index is 0.302. The molecule has 1 aliphatic rings. The Morgan fingerprint density at radius 2 is 1.89 bits per heavy atom. The highest BCUT2D eigenvalue weighted by Crippen LogP contribution is 2.41. The van der Waals surface area contributed by atoms with Crippen molar-refractivity contribution in [2.75, 3.05) is 0 Å². The van der Waals surface area contributed by atoms with Crippen LogP contribution in [0.5, 0.6) is 0 Å². The van der Waals surface area contributed by atoms with Gasteiger partial charge >= 0.3 is 0 Å². The van der Waals surface area contributed by atoms with E-state index in [4.69, 9.17) is 23.2 Å². The second-order valence-corrected chi connectivity index (χ2v) is 7.53. The zero-order valence-electron chi connectivity index (χ0n) is 12.1. The van der Waals surface area contributed by atoms with Gasteiger partial charge in [0.15, 0.2) is 0 Å². The smallest absolute Gasteiger partial charge is 0.0595 e. The van der Waals surface area contributed by atoms with Gasteiger partial charge in [0.25, 0.3) is 0 Å². The fourth-order valence-corrected chi connectivity index (χ4v) is 3.62. The minimum Gasteiger partial charge on any atom is -0.307 e. The zero-order chi connectivity index (χ0) is 14.2. The summed E-state index contributed by atoms with van der Waals surface area (Å²) in [5, 5.41) is 5.00. The summed E-state index contributed by atoms with van der Waals surface area (Å²) in [4.78, 5) is 0. The van der Waals surface area contributed by atoms with Crippen LogP contribution in [-0.4, -0.2) is 6.04 Å². The van der Waals surface area contributed by atoms with Crippen LogP contribution in [-0.2, 0) is 0 Å². The summed E-state index contributed by atoms with van der Waals surface area (Å²) in [5.41, 5.74) is 1.65. The van der Waals surface area contributed by atoms with Crippen molar-refractivity contribution >= 4 is 23.2 Å². The Balaban J connectivity index is 2.05. The predicted molar refractivity (Wildman–Crippen MR) is 84.0 cm³/mol. The molecule has 1 aromatic carbocycles. The third-order valence-corrected chi connectivity index (χ3v) is 4.98. The van der Waals surface area contributed by atoms with E-state index in [9.17, 15) is 0 Å². The molecule has 0 bridgehead atoms. The normalized spacial score (nSPS) is 27.5. The van der Waals surface area contributed by atoms with Crippen LogP contribution in [0, 0.1) is 11.3 Å². The van der Waals surface area contributed by atoms with Crippen molar-refractivity contribution in [2.24, 2.45) is 11.3 Å². The molecule has 0 saturated heterocycles. The average Bonchev–Trinajstić information content (AvgIpc) is 2.55. The van der Waals surface area contributed by atoms with Crippen LogP contribution < -0.4 is 5.32 Å². The molecule has 0 spiro atoms. The highest BCUT2D eigenvalue weighted by atomic mass is 35.5. The molecule has 106 valence electrons. The van der Waals surface area contributed by atoms with Gasteiger partial charge in [-0.2, -0.15) is 0 Å². The molecule has 1 N–H and O–H groups in total. The number of nitrogens with one attached hydrogen (secondary N) is 1. The van der Waals surface area contributed by atoms with Gasteiger partial charge in [0.05, 0.1) is 10.0 Å². The highest BCUT2D eigenvalue weighted by Gasteiger charge is 2.37. The Morgan fingerprint density at radius 3 is 2.42 bits per heavy atom. The lowest BCUT2D eigenvalue weighted by atomic mass is 9.91. The molecule has 0 aliphatic heterocycles. The molecule has 1 nitrogen and oxygen atoms in total. The van der Waals surface area contributed by atoms with Gasteiger partial charge in [0, 0.05) is 12.1 Å². The molecule has 0 amide bonds. The molecule has 1 saturated carbocycles. The first kappa shape index (κ1) is 15.2. The third-order valence-electron chi connectivity index (χ3n) is 4.24. The van der Waals surface area contributed by atoms with Crippen LogP contribution in [0.2, 0.25) is 10.0 Å². The number of rotatable bonds is 3. The molecule has 1 fully saturated rings. The Morgan fingerprint density at radius 1 is 1.21 bits per heavy atom. The molecule has 0 heterocycles. The summed E-state index contributed by atoms with van der Waals surface area (Å²) in [6, 6.07) is 6.78. The molecular formula is C16H23Cl2N. The largest absolute Gasteiger partial charge is 0.307 e. The van der Waals surface area contributed by atoms with Gasteiger partial charge in [-0.1, -0.05) is 50.0 Å². The van der Waals surface area contributed by atoms with Crippen molar-refractivity contribution < 1.29 is 0 Å². The lowest BCUT2D eigenvalue weighted by Crippen LogP contribution is -2.33. The van der Waals surface area contributed by atoms with E-state index in [1.54, 1.807) is 0 Å². The first-order valence-electron chi connectivity index (χ1n) is 6.99. The summed E-state index contributed by atoms with van der Waals surface area (Å²) in [7, 11) is 0. The van der Waals surface area contributed by atoms with Gasteiger partial charge in [-0.3, -0.25) is 0 Å². The topological polar surface area (TPSA) is 12.0 Å². The number of hydrogen-bond acceptors (Lipinski definition) is 1. The first-order valence-corrected chi connectivity index (χ1v) is 7.75. The zero-order valence-corrected chi connectivity index (χ0v) is 13.6. The van der Waals surface area contributed by atoms with Crippen molar-refractivity contribution in [2.45, 2.75) is 52.6 Å². The maximum atomic E-state index is 6.09. The lowest BCUT2D eigenvalue weighted by Gasteiger charge is -2.24. The summed E-state index contributed by atoms with van der Waals surface area (Å²) < 4.78 is 0. The Bertz CT molecular complexity index is 456. The molecule has 2 rings (SSSR count). The fourth-order valence-electron chi connectivity index (χ4n) is 3.32. The average molecular weight is 300 g/mol. The van der Waals surface area contributed by atoms with Crippen LogP contribution >= 0.6 is 23.2 Å². The second-order valence-electron chi connectivity index (χ2n) is 6.72. The molecule has 3 atom stereocenters. The monoisotopic (exact) mass is 299 g/mol. The van der Waals surface area contributed by atoms with E-state index in [2.05, 4.69) is 39.1 Å². The third kappa shape index (κ3) is 3.65. The quantitative estimate of drug-likeness (QED) is 0.780. The summed E-state index contributed by atoms with van der Waals surface area (Å²) in [5.74, 6) is 0.722. The summed E-state index contributed by atoms with van der Waals surface area (Å²) in [6.07, 6.45) is 2.53. The lowest BCUT2D eigenvalue weighted by molar-refractivity contribution is 0.356. The molecular weight excluding hydrogens is 277 g/mol. The molecule has 3 heteroatoms. The summed E-state index contributed by atoms with van der Waals surface area (Å²) >= 11 is 12.1. The maximum absolute atomic E-state index is 6.09. The molecule has 1 aliphatic carbocycles. The molecule has 1 aromatic rings. The molecule has 0 aromatic heterocycles. The predicted octanol–water partition coefficient (Wildman–Crippen LogP) is 5.47. The van der Waals surface area contributed by atoms with Gasteiger partial charge in [-0.15, -0.1) is 0 Å². The van der Waals surface area contributed by atoms with Gasteiger partial charge in [0.1, 0.15) is 0 Å². The van der Waals surface area contributed by atoms with Crippen molar-refractivity contribution in [3.05, 3.63) is 33.8 Å². The first-order chi connectivity index (χ1) is 8.78. The van der Waals surface area contributed by atoms with Crippen molar-refractivity contribution in [3.63, 3.8) is 0 Å².